The first-order chi connectivity index (χ1) is 9.63. The van der Waals surface area contributed by atoms with Crippen LogP contribution in [-0.2, 0) is 13.0 Å². The second-order valence-corrected chi connectivity index (χ2v) is 5.81. The summed E-state index contributed by atoms with van der Waals surface area (Å²) in [6.45, 7) is 4.16. The number of hydrogen-bond donors (Lipinski definition) is 0. The molecule has 0 aliphatic rings. The van der Waals surface area contributed by atoms with Crippen molar-refractivity contribution in [1.82, 2.24) is 19.4 Å². The molecule has 20 heavy (non-hydrogen) atoms. The molecular formula is C15H23ClN4. The number of pyridine rings is 1. The zero-order valence-corrected chi connectivity index (χ0v) is 13.3. The maximum absolute atomic E-state index is 5.90. The smallest absolute Gasteiger partial charge is 0.160 e. The van der Waals surface area contributed by atoms with Crippen LogP contribution in [0.5, 0.6) is 0 Å². The maximum atomic E-state index is 5.90. The predicted octanol–water partition coefficient (Wildman–Crippen LogP) is 2.86. The van der Waals surface area contributed by atoms with Crippen LogP contribution in [-0.4, -0.2) is 46.0 Å². The number of hydrogen-bond acceptors (Lipinski definition) is 3. The topological polar surface area (TPSA) is 34.0 Å². The lowest BCUT2D eigenvalue weighted by Crippen LogP contribution is -2.14. The summed E-state index contributed by atoms with van der Waals surface area (Å²) in [5, 5.41) is 0. The zero-order chi connectivity index (χ0) is 14.5. The summed E-state index contributed by atoms with van der Waals surface area (Å²) >= 11 is 5.90. The van der Waals surface area contributed by atoms with Gasteiger partial charge in [-0.2, -0.15) is 0 Å². The molecule has 0 radical (unpaired) electrons. The number of unbranched alkanes of at least 4 members (excludes halogenated alkanes) is 1. The van der Waals surface area contributed by atoms with E-state index in [1.165, 1.54) is 12.0 Å². The van der Waals surface area contributed by atoms with Crippen molar-refractivity contribution in [2.24, 2.45) is 0 Å². The van der Waals surface area contributed by atoms with Crippen LogP contribution in [0.25, 0.3) is 11.2 Å². The van der Waals surface area contributed by atoms with E-state index in [1.54, 1.807) is 0 Å². The maximum Gasteiger partial charge on any atom is 0.160 e. The molecule has 0 aromatic carbocycles. The molecule has 0 unspecified atom stereocenters. The number of aryl methyl sites for hydroxylation is 3. The van der Waals surface area contributed by atoms with Crippen LogP contribution < -0.4 is 0 Å². The Balaban J connectivity index is 2.20. The molecule has 2 aromatic rings. The molecule has 0 bridgehead atoms. The number of alkyl halides is 1. The molecule has 2 rings (SSSR count). The number of halogens is 1. The lowest BCUT2D eigenvalue weighted by Gasteiger charge is -2.11. The van der Waals surface area contributed by atoms with E-state index in [0.717, 1.165) is 42.9 Å². The van der Waals surface area contributed by atoms with Gasteiger partial charge in [0.25, 0.3) is 0 Å². The Hall–Kier alpha value is -1.13. The predicted molar refractivity (Wildman–Crippen MR) is 84.5 cm³/mol. The van der Waals surface area contributed by atoms with Crippen molar-refractivity contribution >= 4 is 22.8 Å². The van der Waals surface area contributed by atoms with Crippen LogP contribution in [0.2, 0.25) is 0 Å². The van der Waals surface area contributed by atoms with Crippen LogP contribution in [0, 0.1) is 6.92 Å². The van der Waals surface area contributed by atoms with Gasteiger partial charge in [0.2, 0.25) is 0 Å². The Morgan fingerprint density at radius 2 is 2.10 bits per heavy atom. The van der Waals surface area contributed by atoms with Gasteiger partial charge < -0.3 is 9.47 Å². The highest BCUT2D eigenvalue weighted by Crippen LogP contribution is 2.19. The van der Waals surface area contributed by atoms with E-state index >= 15 is 0 Å². The highest BCUT2D eigenvalue weighted by Gasteiger charge is 2.12. The van der Waals surface area contributed by atoms with Gasteiger partial charge in [0, 0.05) is 25.0 Å². The minimum Gasteiger partial charge on any atom is -0.313 e. The molecule has 110 valence electrons. The van der Waals surface area contributed by atoms with Gasteiger partial charge in [-0.25, -0.2) is 9.97 Å². The Labute approximate surface area is 125 Å². The van der Waals surface area contributed by atoms with Crippen LogP contribution in [0.4, 0.5) is 0 Å². The van der Waals surface area contributed by atoms with Crippen molar-refractivity contribution in [1.29, 1.82) is 0 Å². The summed E-state index contributed by atoms with van der Waals surface area (Å²) in [6, 6.07) is 2.01. The molecule has 0 fully saturated rings. The molecule has 5 heteroatoms. The van der Waals surface area contributed by atoms with Gasteiger partial charge >= 0.3 is 0 Å². The van der Waals surface area contributed by atoms with E-state index in [-0.39, 0.29) is 0 Å². The van der Waals surface area contributed by atoms with Crippen molar-refractivity contribution in [3.63, 3.8) is 0 Å². The fourth-order valence-electron chi connectivity index (χ4n) is 2.39. The highest BCUT2D eigenvalue weighted by molar-refractivity contribution is 6.17. The van der Waals surface area contributed by atoms with Crippen molar-refractivity contribution in [2.75, 3.05) is 26.5 Å². The van der Waals surface area contributed by atoms with Gasteiger partial charge in [-0.15, -0.1) is 11.6 Å². The third kappa shape index (κ3) is 3.49. The summed E-state index contributed by atoms with van der Waals surface area (Å²) in [5.41, 5.74) is 3.19. The van der Waals surface area contributed by atoms with E-state index in [0.29, 0.717) is 5.88 Å². The van der Waals surface area contributed by atoms with Crippen LogP contribution in [0.1, 0.15) is 24.2 Å². The Bertz CT molecular complexity index is 562. The number of fused-ring (bicyclic) bond motifs is 1. The molecule has 0 aliphatic heterocycles. The molecule has 0 atom stereocenters. The monoisotopic (exact) mass is 294 g/mol. The molecule has 0 saturated carbocycles. The van der Waals surface area contributed by atoms with E-state index in [1.807, 2.05) is 12.3 Å². The third-order valence-electron chi connectivity index (χ3n) is 3.47. The molecule has 0 amide bonds. The Morgan fingerprint density at radius 1 is 1.30 bits per heavy atom. The minimum atomic E-state index is 0.597. The standard InChI is InChI=1S/C15H23ClN4/c1-12-7-9-17-15-14(12)18-13(6-8-16)20(15)11-5-4-10-19(2)3/h7,9H,4-6,8,10-11H2,1-3H3. The lowest BCUT2D eigenvalue weighted by molar-refractivity contribution is 0.387. The summed E-state index contributed by atoms with van der Waals surface area (Å²) in [5.74, 6) is 1.65. The average molecular weight is 295 g/mol. The van der Waals surface area contributed by atoms with Gasteiger partial charge in [0.05, 0.1) is 0 Å². The molecule has 0 aliphatic carbocycles. The summed E-state index contributed by atoms with van der Waals surface area (Å²) in [4.78, 5) is 11.4. The fraction of sp³-hybridized carbons (Fsp3) is 0.600. The minimum absolute atomic E-state index is 0.597. The number of aromatic nitrogens is 3. The van der Waals surface area contributed by atoms with Gasteiger partial charge in [-0.3, -0.25) is 0 Å². The molecule has 2 aromatic heterocycles. The normalized spacial score (nSPS) is 11.7. The largest absolute Gasteiger partial charge is 0.313 e. The molecular weight excluding hydrogens is 272 g/mol. The van der Waals surface area contributed by atoms with Crippen LogP contribution in [0.3, 0.4) is 0 Å². The first kappa shape index (κ1) is 15.3. The first-order valence-electron chi connectivity index (χ1n) is 7.15. The highest BCUT2D eigenvalue weighted by atomic mass is 35.5. The van der Waals surface area contributed by atoms with Crippen molar-refractivity contribution in [3.05, 3.63) is 23.7 Å². The van der Waals surface area contributed by atoms with Crippen molar-refractivity contribution in [2.45, 2.75) is 32.7 Å². The van der Waals surface area contributed by atoms with Crippen molar-refractivity contribution in [3.8, 4) is 0 Å². The van der Waals surface area contributed by atoms with Gasteiger partial charge in [-0.1, -0.05) is 0 Å². The molecule has 0 spiro atoms. The molecule has 0 N–H and O–H groups in total. The van der Waals surface area contributed by atoms with Crippen molar-refractivity contribution < 1.29 is 0 Å². The molecule has 4 nitrogen and oxygen atoms in total. The quantitative estimate of drug-likeness (QED) is 0.582. The first-order valence-corrected chi connectivity index (χ1v) is 7.68. The lowest BCUT2D eigenvalue weighted by atomic mass is 10.2. The number of nitrogens with zero attached hydrogens (tertiary/aromatic N) is 4. The van der Waals surface area contributed by atoms with E-state index in [4.69, 9.17) is 16.6 Å². The summed E-state index contributed by atoms with van der Waals surface area (Å²) < 4.78 is 2.24. The van der Waals surface area contributed by atoms with E-state index in [2.05, 4.69) is 35.5 Å². The second kappa shape index (κ2) is 7.04. The summed E-state index contributed by atoms with van der Waals surface area (Å²) in [6.07, 6.45) is 4.97. The third-order valence-corrected chi connectivity index (χ3v) is 3.66. The van der Waals surface area contributed by atoms with Gasteiger partial charge in [-0.05, 0) is 52.0 Å². The Kier molecular flexibility index (Phi) is 5.38. The van der Waals surface area contributed by atoms with Gasteiger partial charge in [0.1, 0.15) is 11.3 Å². The van der Waals surface area contributed by atoms with Gasteiger partial charge in [0.15, 0.2) is 5.65 Å². The second-order valence-electron chi connectivity index (χ2n) is 5.43. The Morgan fingerprint density at radius 3 is 2.80 bits per heavy atom. The van der Waals surface area contributed by atoms with Crippen LogP contribution >= 0.6 is 11.6 Å². The average Bonchev–Trinajstić information content (AvgIpc) is 2.75. The molecule has 0 saturated heterocycles. The number of rotatable bonds is 7. The molecule has 2 heterocycles. The summed E-state index contributed by atoms with van der Waals surface area (Å²) in [7, 11) is 4.22. The zero-order valence-electron chi connectivity index (χ0n) is 12.6. The van der Waals surface area contributed by atoms with E-state index in [9.17, 15) is 0 Å². The fourth-order valence-corrected chi connectivity index (χ4v) is 2.56. The number of imidazole rings is 1. The van der Waals surface area contributed by atoms with Crippen LogP contribution in [0.15, 0.2) is 12.3 Å². The van der Waals surface area contributed by atoms with E-state index < -0.39 is 0 Å². The SMILES string of the molecule is Cc1ccnc2c1nc(CCCl)n2CCCCN(C)C.